The zero-order valence-corrected chi connectivity index (χ0v) is 10.6. The van der Waals surface area contributed by atoms with Gasteiger partial charge in [0.05, 0.1) is 0 Å². The fraction of sp³-hybridized carbons (Fsp3) is 0.357. The molecule has 3 nitrogen and oxygen atoms in total. The highest BCUT2D eigenvalue weighted by molar-refractivity contribution is 5.89. The normalized spacial score (nSPS) is 18.1. The smallest absolute Gasteiger partial charge is 0.353 e. The molecule has 92 valence electrons. The van der Waals surface area contributed by atoms with Crippen molar-refractivity contribution in [3.63, 3.8) is 0 Å². The van der Waals surface area contributed by atoms with Crippen LogP contribution in [0.5, 0.6) is 0 Å². The quantitative estimate of drug-likeness (QED) is 0.810. The van der Waals surface area contributed by atoms with E-state index in [1.807, 2.05) is 32.1 Å². The van der Waals surface area contributed by atoms with E-state index in [1.54, 1.807) is 11.1 Å². The van der Waals surface area contributed by atoms with E-state index in [0.717, 1.165) is 12.0 Å². The van der Waals surface area contributed by atoms with E-state index in [2.05, 4.69) is 13.5 Å². The van der Waals surface area contributed by atoms with E-state index in [1.165, 1.54) is 0 Å². The van der Waals surface area contributed by atoms with Gasteiger partial charge >= 0.3 is 5.97 Å². The summed E-state index contributed by atoms with van der Waals surface area (Å²) in [5.41, 5.74) is 1.84. The average molecular weight is 233 g/mol. The van der Waals surface area contributed by atoms with Crippen molar-refractivity contribution in [2.75, 3.05) is 0 Å². The molecule has 1 unspecified atom stereocenters. The summed E-state index contributed by atoms with van der Waals surface area (Å²) in [6.07, 6.45) is 8.17. The number of nitrogens with zero attached hydrogens (tertiary/aromatic N) is 1. The van der Waals surface area contributed by atoms with Gasteiger partial charge in [-0.1, -0.05) is 32.6 Å². The Morgan fingerprint density at radius 3 is 2.71 bits per heavy atom. The molecule has 0 aromatic heterocycles. The lowest BCUT2D eigenvalue weighted by atomic mass is 9.93. The van der Waals surface area contributed by atoms with Crippen molar-refractivity contribution < 1.29 is 9.90 Å². The summed E-state index contributed by atoms with van der Waals surface area (Å²) in [4.78, 5) is 13.0. The molecule has 0 fully saturated rings. The summed E-state index contributed by atoms with van der Waals surface area (Å²) in [6, 6.07) is 0. The van der Waals surface area contributed by atoms with Crippen LogP contribution in [0.25, 0.3) is 0 Å². The second-order valence-electron chi connectivity index (χ2n) is 4.10. The third kappa shape index (κ3) is 2.67. The lowest BCUT2D eigenvalue weighted by Crippen LogP contribution is -2.26. The topological polar surface area (TPSA) is 40.5 Å². The van der Waals surface area contributed by atoms with Gasteiger partial charge in [0.1, 0.15) is 5.70 Å². The van der Waals surface area contributed by atoms with Gasteiger partial charge < -0.3 is 10.0 Å². The second kappa shape index (κ2) is 5.53. The van der Waals surface area contributed by atoms with Gasteiger partial charge in [0.25, 0.3) is 0 Å². The lowest BCUT2D eigenvalue weighted by molar-refractivity contribution is -0.134. The highest BCUT2D eigenvalue weighted by atomic mass is 16.4. The number of aliphatic carboxylic acids is 1. The van der Waals surface area contributed by atoms with Gasteiger partial charge in [0.15, 0.2) is 0 Å². The molecular formula is C14H19NO2. The van der Waals surface area contributed by atoms with Gasteiger partial charge in [-0.25, -0.2) is 4.79 Å². The van der Waals surface area contributed by atoms with Crippen molar-refractivity contribution in [1.29, 1.82) is 0 Å². The molecule has 1 heterocycles. The number of carbonyl (C=O) groups is 1. The van der Waals surface area contributed by atoms with Crippen LogP contribution in [0.15, 0.2) is 48.0 Å². The van der Waals surface area contributed by atoms with Gasteiger partial charge in [-0.05, 0) is 30.9 Å². The number of allylic oxidation sites excluding steroid dienone is 4. The van der Waals surface area contributed by atoms with Gasteiger partial charge in [0, 0.05) is 11.9 Å². The van der Waals surface area contributed by atoms with Crippen molar-refractivity contribution in [1.82, 2.24) is 4.90 Å². The second-order valence-corrected chi connectivity index (χ2v) is 4.10. The third-order valence-electron chi connectivity index (χ3n) is 2.92. The third-order valence-corrected chi connectivity index (χ3v) is 2.92. The Morgan fingerprint density at radius 1 is 1.59 bits per heavy atom. The summed E-state index contributed by atoms with van der Waals surface area (Å²) in [5.74, 6) is -0.692. The van der Waals surface area contributed by atoms with E-state index < -0.39 is 5.97 Å². The number of carboxylic acids is 1. The predicted molar refractivity (Wildman–Crippen MR) is 69.0 cm³/mol. The lowest BCUT2D eigenvalue weighted by Gasteiger charge is -2.28. The molecule has 17 heavy (non-hydrogen) atoms. The van der Waals surface area contributed by atoms with E-state index in [0.29, 0.717) is 11.4 Å². The largest absolute Gasteiger partial charge is 0.477 e. The monoisotopic (exact) mass is 233 g/mol. The molecule has 0 radical (unpaired) electrons. The van der Waals surface area contributed by atoms with Gasteiger partial charge in [-0.15, -0.1) is 0 Å². The Labute approximate surface area is 102 Å². The molecular weight excluding hydrogens is 214 g/mol. The van der Waals surface area contributed by atoms with Crippen LogP contribution in [0.1, 0.15) is 27.2 Å². The molecule has 0 amide bonds. The van der Waals surface area contributed by atoms with E-state index in [4.69, 9.17) is 0 Å². The number of rotatable bonds is 4. The van der Waals surface area contributed by atoms with Crippen LogP contribution in [0.2, 0.25) is 0 Å². The predicted octanol–water partition coefficient (Wildman–Crippen LogP) is 3.29. The van der Waals surface area contributed by atoms with Crippen molar-refractivity contribution >= 4 is 5.97 Å². The molecule has 0 spiro atoms. The molecule has 0 aromatic carbocycles. The van der Waals surface area contributed by atoms with Crippen LogP contribution < -0.4 is 0 Å². The zero-order chi connectivity index (χ0) is 13.0. The van der Waals surface area contributed by atoms with Crippen LogP contribution in [0.3, 0.4) is 0 Å². The molecule has 1 rings (SSSR count). The Kier molecular flexibility index (Phi) is 4.32. The molecule has 0 saturated carbocycles. The maximum atomic E-state index is 11.4. The Balaban J connectivity index is 3.32. The Hall–Kier alpha value is -1.77. The molecule has 3 heteroatoms. The van der Waals surface area contributed by atoms with Crippen molar-refractivity contribution in [2.24, 2.45) is 5.92 Å². The summed E-state index contributed by atoms with van der Waals surface area (Å²) in [5, 5.41) is 9.36. The fourth-order valence-corrected chi connectivity index (χ4v) is 1.79. The van der Waals surface area contributed by atoms with Crippen molar-refractivity contribution in [3.8, 4) is 0 Å². The van der Waals surface area contributed by atoms with Crippen molar-refractivity contribution in [2.45, 2.75) is 27.2 Å². The molecule has 0 aromatic rings. The van der Waals surface area contributed by atoms with E-state index in [9.17, 15) is 9.90 Å². The average Bonchev–Trinajstić information content (AvgIpc) is 2.30. The van der Waals surface area contributed by atoms with Crippen molar-refractivity contribution in [3.05, 3.63) is 48.0 Å². The molecule has 0 aliphatic carbocycles. The summed E-state index contributed by atoms with van der Waals surface area (Å²) in [7, 11) is 0. The zero-order valence-electron chi connectivity index (χ0n) is 10.6. The van der Waals surface area contributed by atoms with E-state index >= 15 is 0 Å². The minimum atomic E-state index is -0.913. The van der Waals surface area contributed by atoms with Gasteiger partial charge in [-0.2, -0.15) is 0 Å². The van der Waals surface area contributed by atoms with Gasteiger partial charge in [0.2, 0.25) is 0 Å². The van der Waals surface area contributed by atoms with Crippen LogP contribution in [-0.4, -0.2) is 16.0 Å². The summed E-state index contributed by atoms with van der Waals surface area (Å²) < 4.78 is 0. The minimum absolute atomic E-state index is 0.221. The first kappa shape index (κ1) is 13.3. The van der Waals surface area contributed by atoms with Gasteiger partial charge in [-0.3, -0.25) is 0 Å². The van der Waals surface area contributed by atoms with E-state index in [-0.39, 0.29) is 5.92 Å². The van der Waals surface area contributed by atoms with Crippen LogP contribution >= 0.6 is 0 Å². The van der Waals surface area contributed by atoms with Crippen LogP contribution in [-0.2, 0) is 4.79 Å². The minimum Gasteiger partial charge on any atom is -0.477 e. The standard InChI is InChI=1S/C14H19NO2/c1-5-9-15-11(4)7-8-12(10(3)6-2)13(15)14(16)17/h5,7-10H,4,6H2,1-3H3,(H,16,17)/b9-5-. The molecule has 1 atom stereocenters. The van der Waals surface area contributed by atoms with Crippen LogP contribution in [0, 0.1) is 5.92 Å². The first-order chi connectivity index (χ1) is 8.02. The summed E-state index contributed by atoms with van der Waals surface area (Å²) >= 11 is 0. The maximum Gasteiger partial charge on any atom is 0.353 e. The maximum absolute atomic E-state index is 11.4. The number of hydrogen-bond donors (Lipinski definition) is 1. The summed E-state index contributed by atoms with van der Waals surface area (Å²) in [6.45, 7) is 9.79. The highest BCUT2D eigenvalue weighted by Crippen LogP contribution is 2.29. The SMILES string of the molecule is C=C1C=CC(C(C)CC)=C(C(=O)O)N1/C=C\C. The number of hydrogen-bond acceptors (Lipinski definition) is 2. The highest BCUT2D eigenvalue weighted by Gasteiger charge is 2.25. The molecule has 1 aliphatic rings. The van der Waals surface area contributed by atoms with Crippen LogP contribution in [0.4, 0.5) is 0 Å². The molecule has 0 bridgehead atoms. The number of carboxylic acid groups (broad SMARTS) is 1. The fourth-order valence-electron chi connectivity index (χ4n) is 1.79. The Morgan fingerprint density at radius 2 is 2.24 bits per heavy atom. The molecule has 1 aliphatic heterocycles. The molecule has 1 N–H and O–H groups in total. The molecule has 0 saturated heterocycles. The first-order valence-electron chi connectivity index (χ1n) is 5.79. The Bertz CT molecular complexity index is 416. The first-order valence-corrected chi connectivity index (χ1v) is 5.79.